The Morgan fingerprint density at radius 2 is 1.68 bits per heavy atom. The van der Waals surface area contributed by atoms with E-state index in [0.29, 0.717) is 44.8 Å². The molecule has 3 N–H and O–H groups in total. The van der Waals surface area contributed by atoms with Crippen molar-refractivity contribution in [2.75, 3.05) is 31.6 Å². The van der Waals surface area contributed by atoms with Crippen LogP contribution in [0.1, 0.15) is 53.9 Å². The van der Waals surface area contributed by atoms with E-state index in [1.807, 2.05) is 20.8 Å². The summed E-state index contributed by atoms with van der Waals surface area (Å²) < 4.78 is 32.5. The van der Waals surface area contributed by atoms with Crippen molar-refractivity contribution in [3.63, 3.8) is 0 Å². The minimum Gasteiger partial charge on any atom is -0.379 e. The van der Waals surface area contributed by atoms with Crippen molar-refractivity contribution < 1.29 is 22.7 Å². The topological polar surface area (TPSA) is 117 Å². The third-order valence-corrected chi connectivity index (χ3v) is 7.40. The molecule has 0 aromatic heterocycles. The largest absolute Gasteiger partial charge is 0.379 e. The Hall–Kier alpha value is -2.01. The molecule has 0 aliphatic carbocycles. The number of hydrogen-bond acceptors (Lipinski definition) is 6. The summed E-state index contributed by atoms with van der Waals surface area (Å²) in [5, 5.41) is 5.84. The fourth-order valence-electron chi connectivity index (χ4n) is 3.80. The highest BCUT2D eigenvalue weighted by atomic mass is 32.2. The van der Waals surface area contributed by atoms with Crippen LogP contribution < -0.4 is 15.4 Å². The summed E-state index contributed by atoms with van der Waals surface area (Å²) in [6.07, 6.45) is 2.41. The molecule has 1 fully saturated rings. The van der Waals surface area contributed by atoms with Gasteiger partial charge in [-0.2, -0.15) is 0 Å². The lowest BCUT2D eigenvalue weighted by Gasteiger charge is -2.34. The molecule has 1 unspecified atom stereocenters. The highest BCUT2D eigenvalue weighted by molar-refractivity contribution is 7.89. The number of carbonyl (C=O) groups is 2. The molecule has 1 atom stereocenters. The van der Waals surface area contributed by atoms with Gasteiger partial charge in [-0.3, -0.25) is 14.5 Å². The summed E-state index contributed by atoms with van der Waals surface area (Å²) in [5.74, 6) is -0.126. The van der Waals surface area contributed by atoms with Crippen LogP contribution in [0.25, 0.3) is 0 Å². The molecule has 0 saturated carbocycles. The summed E-state index contributed by atoms with van der Waals surface area (Å²) in [5.41, 5.74) is 0.538. The zero-order valence-corrected chi connectivity index (χ0v) is 21.8. The van der Waals surface area contributed by atoms with E-state index in [-0.39, 0.29) is 40.8 Å². The second kappa shape index (κ2) is 13.2. The number of benzene rings is 1. The molecule has 1 aliphatic heterocycles. The Morgan fingerprint density at radius 1 is 1.06 bits per heavy atom. The van der Waals surface area contributed by atoms with E-state index in [9.17, 15) is 18.0 Å². The zero-order valence-electron chi connectivity index (χ0n) is 21.0. The molecule has 192 valence electrons. The fraction of sp³-hybridized carbons (Fsp3) is 0.667. The van der Waals surface area contributed by atoms with Gasteiger partial charge in [-0.05, 0) is 91.2 Å². The van der Waals surface area contributed by atoms with Gasteiger partial charge in [-0.1, -0.05) is 0 Å². The van der Waals surface area contributed by atoms with E-state index in [0.717, 1.165) is 6.42 Å². The number of rotatable bonds is 12. The Labute approximate surface area is 204 Å². The zero-order chi connectivity index (χ0) is 25.3. The second-order valence-electron chi connectivity index (χ2n) is 9.34. The van der Waals surface area contributed by atoms with E-state index in [4.69, 9.17) is 4.74 Å². The number of ether oxygens (including phenoxy) is 1. The van der Waals surface area contributed by atoms with Crippen molar-refractivity contribution in [2.24, 2.45) is 5.92 Å². The Balaban J connectivity index is 1.78. The number of piperidine rings is 1. The standard InChI is InChI=1S/C24H40N4O5S/c1-17(2)27-34(31,32)22-9-7-21(8-10-22)26-23(29)19(5)28-14-11-20(12-15-28)24(30)25-13-6-16-33-18(3)4/h7-10,17-20,27H,6,11-16H2,1-5H3,(H,25,30)(H,26,29). The van der Waals surface area contributed by atoms with Gasteiger partial charge >= 0.3 is 0 Å². The predicted molar refractivity (Wildman–Crippen MR) is 133 cm³/mol. The quantitative estimate of drug-likeness (QED) is 0.383. The molecule has 1 aromatic rings. The van der Waals surface area contributed by atoms with Crippen LogP contribution in [0.3, 0.4) is 0 Å². The molecule has 2 amide bonds. The molecule has 0 radical (unpaired) electrons. The smallest absolute Gasteiger partial charge is 0.241 e. The van der Waals surface area contributed by atoms with Crippen LogP contribution in [0.15, 0.2) is 29.2 Å². The van der Waals surface area contributed by atoms with Gasteiger partial charge in [0.15, 0.2) is 0 Å². The highest BCUT2D eigenvalue weighted by Crippen LogP contribution is 2.20. The molecular formula is C24H40N4O5S. The molecule has 0 bridgehead atoms. The van der Waals surface area contributed by atoms with Gasteiger partial charge in [0, 0.05) is 30.8 Å². The first-order valence-corrected chi connectivity index (χ1v) is 13.5. The lowest BCUT2D eigenvalue weighted by molar-refractivity contribution is -0.127. The first-order valence-electron chi connectivity index (χ1n) is 12.1. The van der Waals surface area contributed by atoms with E-state index < -0.39 is 10.0 Å². The molecular weight excluding hydrogens is 456 g/mol. The van der Waals surface area contributed by atoms with Crippen LogP contribution in [-0.4, -0.2) is 69.6 Å². The normalized spacial score (nSPS) is 16.6. The van der Waals surface area contributed by atoms with Crippen LogP contribution in [-0.2, 0) is 24.3 Å². The van der Waals surface area contributed by atoms with E-state index in [2.05, 4.69) is 20.3 Å². The van der Waals surface area contributed by atoms with Crippen LogP contribution in [0.4, 0.5) is 5.69 Å². The SMILES string of the molecule is CC(C)NS(=O)(=O)c1ccc(NC(=O)C(C)N2CCC(C(=O)NCCCOC(C)C)CC2)cc1. The number of carbonyl (C=O) groups excluding carboxylic acids is 2. The van der Waals surface area contributed by atoms with E-state index >= 15 is 0 Å². The van der Waals surface area contributed by atoms with Gasteiger partial charge in [0.25, 0.3) is 0 Å². The molecule has 0 spiro atoms. The molecule has 9 nitrogen and oxygen atoms in total. The van der Waals surface area contributed by atoms with Gasteiger partial charge in [0.1, 0.15) is 0 Å². The second-order valence-corrected chi connectivity index (χ2v) is 11.1. The van der Waals surface area contributed by atoms with Gasteiger partial charge in [0.05, 0.1) is 17.0 Å². The minimum absolute atomic E-state index is 0.0357. The average Bonchev–Trinajstić information content (AvgIpc) is 2.77. The summed E-state index contributed by atoms with van der Waals surface area (Å²) in [6, 6.07) is 5.56. The highest BCUT2D eigenvalue weighted by Gasteiger charge is 2.29. The maximum Gasteiger partial charge on any atom is 0.241 e. The summed E-state index contributed by atoms with van der Waals surface area (Å²) in [4.78, 5) is 27.4. The van der Waals surface area contributed by atoms with Crippen molar-refractivity contribution in [1.82, 2.24) is 14.9 Å². The van der Waals surface area contributed by atoms with Gasteiger partial charge < -0.3 is 15.4 Å². The number of hydrogen-bond donors (Lipinski definition) is 3. The molecule has 1 aliphatic rings. The fourth-order valence-corrected chi connectivity index (χ4v) is 5.06. The van der Waals surface area contributed by atoms with Gasteiger partial charge in [-0.25, -0.2) is 13.1 Å². The monoisotopic (exact) mass is 496 g/mol. The number of anilines is 1. The van der Waals surface area contributed by atoms with Crippen molar-refractivity contribution in [3.8, 4) is 0 Å². The van der Waals surface area contributed by atoms with Crippen LogP contribution >= 0.6 is 0 Å². The van der Waals surface area contributed by atoms with Crippen molar-refractivity contribution in [3.05, 3.63) is 24.3 Å². The average molecular weight is 497 g/mol. The lowest BCUT2D eigenvalue weighted by Crippen LogP contribution is -2.48. The van der Waals surface area contributed by atoms with Crippen LogP contribution in [0.5, 0.6) is 0 Å². The summed E-state index contributed by atoms with van der Waals surface area (Å²) in [6.45, 7) is 11.9. The van der Waals surface area contributed by atoms with Crippen molar-refractivity contribution in [2.45, 2.75) is 77.0 Å². The van der Waals surface area contributed by atoms with Crippen molar-refractivity contribution >= 4 is 27.5 Å². The lowest BCUT2D eigenvalue weighted by atomic mass is 9.95. The Bertz CT molecular complexity index is 894. The molecule has 34 heavy (non-hydrogen) atoms. The van der Waals surface area contributed by atoms with Gasteiger partial charge in [0.2, 0.25) is 21.8 Å². The molecule has 1 heterocycles. The van der Waals surface area contributed by atoms with Crippen molar-refractivity contribution in [1.29, 1.82) is 0 Å². The number of amides is 2. The Morgan fingerprint density at radius 3 is 2.24 bits per heavy atom. The number of nitrogens with zero attached hydrogens (tertiary/aromatic N) is 1. The summed E-state index contributed by atoms with van der Waals surface area (Å²) in [7, 11) is -3.57. The number of sulfonamides is 1. The molecule has 2 rings (SSSR count). The van der Waals surface area contributed by atoms with Gasteiger partial charge in [-0.15, -0.1) is 0 Å². The Kier molecular flexibility index (Phi) is 10.9. The first kappa shape index (κ1) is 28.2. The van der Waals surface area contributed by atoms with Crippen LogP contribution in [0.2, 0.25) is 0 Å². The molecule has 1 aromatic carbocycles. The van der Waals surface area contributed by atoms with E-state index in [1.54, 1.807) is 26.0 Å². The minimum atomic E-state index is -3.57. The number of nitrogens with one attached hydrogen (secondary N) is 3. The number of likely N-dealkylation sites (tertiary alicyclic amines) is 1. The predicted octanol–water partition coefficient (Wildman–Crippen LogP) is 2.34. The molecule has 10 heteroatoms. The van der Waals surface area contributed by atoms with Crippen LogP contribution in [0, 0.1) is 5.92 Å². The third kappa shape index (κ3) is 8.98. The third-order valence-electron chi connectivity index (χ3n) is 5.72. The van der Waals surface area contributed by atoms with E-state index in [1.165, 1.54) is 12.1 Å². The summed E-state index contributed by atoms with van der Waals surface area (Å²) >= 11 is 0. The maximum absolute atomic E-state index is 12.7. The maximum atomic E-state index is 12.7. The molecule has 1 saturated heterocycles. The first-order chi connectivity index (χ1) is 16.0.